The third-order valence-electron chi connectivity index (χ3n) is 5.68. The summed E-state index contributed by atoms with van der Waals surface area (Å²) in [6, 6.07) is 6.71. The zero-order chi connectivity index (χ0) is 13.6. The minimum atomic E-state index is 0.290. The minimum absolute atomic E-state index is 0.290. The van der Waals surface area contributed by atoms with E-state index in [9.17, 15) is 5.11 Å². The molecule has 1 unspecified atom stereocenters. The number of phenols is 1. The smallest absolute Gasteiger partial charge is 0.115 e. The minimum Gasteiger partial charge on any atom is -0.508 e. The summed E-state index contributed by atoms with van der Waals surface area (Å²) in [4.78, 5) is 2.54. The van der Waals surface area contributed by atoms with Gasteiger partial charge in [0, 0.05) is 11.5 Å². The van der Waals surface area contributed by atoms with E-state index in [4.69, 9.17) is 0 Å². The first-order valence-corrected chi connectivity index (χ1v) is 7.61. The van der Waals surface area contributed by atoms with Gasteiger partial charge in [0.1, 0.15) is 5.75 Å². The van der Waals surface area contributed by atoms with Crippen molar-refractivity contribution in [1.82, 2.24) is 4.90 Å². The lowest BCUT2D eigenvalue weighted by atomic mass is 9.56. The number of hydrogen-bond donors (Lipinski definition) is 1. The second kappa shape index (κ2) is 4.52. The molecule has 3 rings (SSSR count). The number of nitrogens with zero attached hydrogens (tertiary/aromatic N) is 1. The standard InChI is InChI=1S/C17H25NO/c1-4-7-17-8-9-18(3)16(12(17)2)10-13-5-6-14(19)11-15(13)17/h5-6,11-12,16,19H,4,7-10H2,1-3H3/t12-,16?,17+/m1/s1. The molecule has 0 aromatic heterocycles. The molecule has 0 radical (unpaired) electrons. The van der Waals surface area contributed by atoms with Crippen molar-refractivity contribution in [2.24, 2.45) is 5.92 Å². The molecule has 2 bridgehead atoms. The predicted octanol–water partition coefficient (Wildman–Crippen LogP) is 3.33. The monoisotopic (exact) mass is 259 g/mol. The summed E-state index contributed by atoms with van der Waals surface area (Å²) < 4.78 is 0. The van der Waals surface area contributed by atoms with Gasteiger partial charge in [-0.25, -0.2) is 0 Å². The van der Waals surface area contributed by atoms with Crippen molar-refractivity contribution in [2.75, 3.05) is 13.6 Å². The van der Waals surface area contributed by atoms with E-state index < -0.39 is 0 Å². The van der Waals surface area contributed by atoms with Gasteiger partial charge in [0.2, 0.25) is 0 Å². The molecule has 1 aromatic rings. The van der Waals surface area contributed by atoms with Gasteiger partial charge in [0.25, 0.3) is 0 Å². The van der Waals surface area contributed by atoms with Crippen molar-refractivity contribution >= 4 is 0 Å². The summed E-state index contributed by atoms with van der Waals surface area (Å²) in [5, 5.41) is 9.90. The summed E-state index contributed by atoms with van der Waals surface area (Å²) in [7, 11) is 2.27. The van der Waals surface area contributed by atoms with Crippen molar-refractivity contribution in [3.8, 4) is 5.75 Å². The Balaban J connectivity index is 2.15. The van der Waals surface area contributed by atoms with Crippen LogP contribution in [0, 0.1) is 5.92 Å². The van der Waals surface area contributed by atoms with Gasteiger partial charge in [-0.3, -0.25) is 0 Å². The van der Waals surface area contributed by atoms with E-state index in [1.165, 1.54) is 36.9 Å². The molecule has 1 fully saturated rings. The van der Waals surface area contributed by atoms with Crippen molar-refractivity contribution in [3.63, 3.8) is 0 Å². The molecule has 1 aliphatic carbocycles. The highest BCUT2D eigenvalue weighted by Crippen LogP contribution is 2.51. The fraction of sp³-hybridized carbons (Fsp3) is 0.647. The van der Waals surface area contributed by atoms with E-state index in [0.717, 1.165) is 6.42 Å². The van der Waals surface area contributed by atoms with Crippen LogP contribution in [-0.2, 0) is 11.8 Å². The third kappa shape index (κ3) is 1.80. The van der Waals surface area contributed by atoms with Gasteiger partial charge in [-0.2, -0.15) is 0 Å². The normalized spacial score (nSPS) is 34.1. The van der Waals surface area contributed by atoms with Gasteiger partial charge >= 0.3 is 0 Å². The summed E-state index contributed by atoms with van der Waals surface area (Å²) in [5.41, 5.74) is 3.19. The van der Waals surface area contributed by atoms with Crippen molar-refractivity contribution in [3.05, 3.63) is 29.3 Å². The molecule has 2 heteroatoms. The number of phenolic OH excluding ortho intramolecular Hbond substituents is 1. The van der Waals surface area contributed by atoms with Crippen LogP contribution in [0.5, 0.6) is 5.75 Å². The van der Waals surface area contributed by atoms with Gasteiger partial charge in [-0.05, 0) is 62.0 Å². The molecule has 0 spiro atoms. The summed E-state index contributed by atoms with van der Waals surface area (Å²) >= 11 is 0. The molecular formula is C17H25NO. The van der Waals surface area contributed by atoms with Crippen LogP contribution in [0.3, 0.4) is 0 Å². The molecule has 1 aromatic carbocycles. The van der Waals surface area contributed by atoms with Gasteiger partial charge < -0.3 is 10.0 Å². The van der Waals surface area contributed by atoms with E-state index in [1.807, 2.05) is 12.1 Å². The van der Waals surface area contributed by atoms with Crippen LogP contribution in [0.4, 0.5) is 0 Å². The molecule has 1 N–H and O–H groups in total. The van der Waals surface area contributed by atoms with Gasteiger partial charge in [0.05, 0.1) is 0 Å². The lowest BCUT2D eigenvalue weighted by molar-refractivity contribution is 0.0354. The predicted molar refractivity (Wildman–Crippen MR) is 78.6 cm³/mol. The highest BCUT2D eigenvalue weighted by molar-refractivity contribution is 5.44. The highest BCUT2D eigenvalue weighted by Gasteiger charge is 2.49. The summed E-state index contributed by atoms with van der Waals surface area (Å²) in [5.74, 6) is 1.11. The van der Waals surface area contributed by atoms with E-state index in [1.54, 1.807) is 0 Å². The van der Waals surface area contributed by atoms with Crippen LogP contribution in [0.1, 0.15) is 44.2 Å². The molecule has 0 saturated carbocycles. The lowest BCUT2D eigenvalue weighted by Crippen LogP contribution is -2.57. The number of fused-ring (bicyclic) bond motifs is 4. The summed E-state index contributed by atoms with van der Waals surface area (Å²) in [6.45, 7) is 5.89. The molecule has 1 aliphatic heterocycles. The molecule has 2 nitrogen and oxygen atoms in total. The SMILES string of the molecule is CCC[C@@]12CCN(C)C(Cc3ccc(O)cc31)[C@H]2C. The largest absolute Gasteiger partial charge is 0.508 e. The number of likely N-dealkylation sites (N-methyl/N-ethyl adjacent to an activating group) is 1. The molecule has 104 valence electrons. The number of hydrogen-bond acceptors (Lipinski definition) is 2. The van der Waals surface area contributed by atoms with Crippen LogP contribution >= 0.6 is 0 Å². The van der Waals surface area contributed by atoms with Crippen LogP contribution < -0.4 is 0 Å². The lowest BCUT2D eigenvalue weighted by Gasteiger charge is -2.55. The van der Waals surface area contributed by atoms with E-state index in [-0.39, 0.29) is 5.41 Å². The van der Waals surface area contributed by atoms with Crippen molar-refractivity contribution < 1.29 is 5.11 Å². The molecule has 2 aliphatic rings. The first-order chi connectivity index (χ1) is 9.08. The third-order valence-corrected chi connectivity index (χ3v) is 5.68. The maximum Gasteiger partial charge on any atom is 0.115 e. The number of piperidine rings is 1. The zero-order valence-electron chi connectivity index (χ0n) is 12.3. The maximum atomic E-state index is 9.90. The molecular weight excluding hydrogens is 234 g/mol. The first kappa shape index (κ1) is 13.0. The second-order valence-corrected chi connectivity index (χ2v) is 6.54. The van der Waals surface area contributed by atoms with Crippen LogP contribution in [0.25, 0.3) is 0 Å². The Morgan fingerprint density at radius 1 is 1.42 bits per heavy atom. The zero-order valence-corrected chi connectivity index (χ0v) is 12.3. The van der Waals surface area contributed by atoms with Crippen LogP contribution in [0.15, 0.2) is 18.2 Å². The molecule has 0 amide bonds. The summed E-state index contributed by atoms with van der Waals surface area (Å²) in [6.07, 6.45) is 4.83. The molecule has 3 atom stereocenters. The average Bonchev–Trinajstić information content (AvgIpc) is 2.38. The Kier molecular flexibility index (Phi) is 3.09. The molecule has 1 heterocycles. The number of rotatable bonds is 2. The molecule has 1 saturated heterocycles. The Morgan fingerprint density at radius 3 is 2.95 bits per heavy atom. The number of benzene rings is 1. The van der Waals surface area contributed by atoms with Gasteiger partial charge in [-0.15, -0.1) is 0 Å². The Labute approximate surface area is 116 Å². The van der Waals surface area contributed by atoms with E-state index in [2.05, 4.69) is 31.9 Å². The topological polar surface area (TPSA) is 23.5 Å². The van der Waals surface area contributed by atoms with Crippen molar-refractivity contribution in [1.29, 1.82) is 0 Å². The van der Waals surface area contributed by atoms with Crippen molar-refractivity contribution in [2.45, 2.75) is 51.0 Å². The number of aromatic hydroxyl groups is 1. The Morgan fingerprint density at radius 2 is 2.21 bits per heavy atom. The van der Waals surface area contributed by atoms with Crippen LogP contribution in [-0.4, -0.2) is 29.6 Å². The number of likely N-dealkylation sites (tertiary alicyclic amines) is 1. The Bertz CT molecular complexity index is 484. The molecule has 19 heavy (non-hydrogen) atoms. The van der Waals surface area contributed by atoms with Gasteiger partial charge in [0.15, 0.2) is 0 Å². The fourth-order valence-corrected chi connectivity index (χ4v) is 4.60. The quantitative estimate of drug-likeness (QED) is 0.880. The van der Waals surface area contributed by atoms with E-state index in [0.29, 0.717) is 17.7 Å². The fourth-order valence-electron chi connectivity index (χ4n) is 4.60. The average molecular weight is 259 g/mol. The Hall–Kier alpha value is -1.02. The first-order valence-electron chi connectivity index (χ1n) is 7.61. The van der Waals surface area contributed by atoms with E-state index >= 15 is 0 Å². The van der Waals surface area contributed by atoms with Crippen LogP contribution in [0.2, 0.25) is 0 Å². The highest BCUT2D eigenvalue weighted by atomic mass is 16.3. The second-order valence-electron chi connectivity index (χ2n) is 6.54. The maximum absolute atomic E-state index is 9.90. The van der Waals surface area contributed by atoms with Gasteiger partial charge in [-0.1, -0.05) is 26.3 Å².